The Morgan fingerprint density at radius 2 is 2.29 bits per heavy atom. The van der Waals surface area contributed by atoms with Gasteiger partial charge in [-0.15, -0.1) is 0 Å². The average molecular weight is 286 g/mol. The van der Waals surface area contributed by atoms with Crippen molar-refractivity contribution in [3.8, 4) is 11.8 Å². The van der Waals surface area contributed by atoms with Crippen molar-refractivity contribution >= 4 is 5.91 Å². The van der Waals surface area contributed by atoms with E-state index >= 15 is 0 Å². The van der Waals surface area contributed by atoms with Crippen molar-refractivity contribution in [3.63, 3.8) is 0 Å². The molecule has 0 saturated carbocycles. The maximum Gasteiger partial charge on any atom is 0.252 e. The first kappa shape index (κ1) is 15.5. The number of piperidine rings is 1. The summed E-state index contributed by atoms with van der Waals surface area (Å²) in [4.78, 5) is 18.6. The molecule has 2 heterocycles. The molecule has 0 spiro atoms. The van der Waals surface area contributed by atoms with E-state index < -0.39 is 0 Å². The molecule has 1 aliphatic heterocycles. The lowest BCUT2D eigenvalue weighted by Gasteiger charge is -2.28. The van der Waals surface area contributed by atoms with Gasteiger partial charge in [-0.05, 0) is 45.0 Å². The third kappa shape index (κ3) is 4.55. The first-order valence-electron chi connectivity index (χ1n) is 7.30. The molecular weight excluding hydrogens is 264 g/mol. The Labute approximate surface area is 125 Å². The lowest BCUT2D eigenvalue weighted by molar-refractivity contribution is 0.0938. The molecule has 0 aromatic carbocycles. The zero-order chi connectivity index (χ0) is 15.1. The number of nitrogens with two attached hydrogens (primary N) is 1. The molecule has 1 amide bonds. The molecule has 1 aromatic heterocycles. The number of carbonyl (C=O) groups is 1. The van der Waals surface area contributed by atoms with Crippen LogP contribution in [-0.2, 0) is 0 Å². The fourth-order valence-electron chi connectivity index (χ4n) is 2.44. The lowest BCUT2D eigenvalue weighted by Crippen LogP contribution is -2.37. The highest BCUT2D eigenvalue weighted by atomic mass is 16.1. The van der Waals surface area contributed by atoms with Gasteiger partial charge in [0.15, 0.2) is 0 Å². The van der Waals surface area contributed by atoms with E-state index in [1.165, 1.54) is 0 Å². The molecule has 0 atom stereocenters. The van der Waals surface area contributed by atoms with Crippen LogP contribution in [0.2, 0.25) is 0 Å². The van der Waals surface area contributed by atoms with E-state index in [0.717, 1.165) is 32.5 Å². The number of aromatic nitrogens is 1. The van der Waals surface area contributed by atoms with E-state index in [-0.39, 0.29) is 12.5 Å². The molecule has 5 nitrogen and oxygen atoms in total. The van der Waals surface area contributed by atoms with Gasteiger partial charge in [0.1, 0.15) is 0 Å². The van der Waals surface area contributed by atoms with Gasteiger partial charge in [-0.25, -0.2) is 0 Å². The summed E-state index contributed by atoms with van der Waals surface area (Å²) in [7, 11) is 2.13. The second kappa shape index (κ2) is 7.77. The van der Waals surface area contributed by atoms with Crippen LogP contribution in [0.25, 0.3) is 0 Å². The summed E-state index contributed by atoms with van der Waals surface area (Å²) in [5.74, 6) is 6.13. The van der Waals surface area contributed by atoms with Crippen molar-refractivity contribution in [1.29, 1.82) is 0 Å². The summed E-state index contributed by atoms with van der Waals surface area (Å²) >= 11 is 0. The number of likely N-dealkylation sites (tertiary alicyclic amines) is 1. The fourth-order valence-corrected chi connectivity index (χ4v) is 2.44. The van der Waals surface area contributed by atoms with E-state index in [0.29, 0.717) is 17.0 Å². The van der Waals surface area contributed by atoms with Gasteiger partial charge in [0.25, 0.3) is 5.91 Å². The van der Waals surface area contributed by atoms with Crippen LogP contribution in [0.15, 0.2) is 18.5 Å². The molecule has 21 heavy (non-hydrogen) atoms. The molecule has 1 aromatic rings. The van der Waals surface area contributed by atoms with E-state index in [1.807, 2.05) is 0 Å². The van der Waals surface area contributed by atoms with Gasteiger partial charge < -0.3 is 16.0 Å². The summed E-state index contributed by atoms with van der Waals surface area (Å²) < 4.78 is 0. The third-order valence-electron chi connectivity index (χ3n) is 3.78. The third-order valence-corrected chi connectivity index (χ3v) is 3.78. The summed E-state index contributed by atoms with van der Waals surface area (Å²) in [5, 5.41) is 3.02. The number of nitrogens with one attached hydrogen (secondary N) is 1. The zero-order valence-electron chi connectivity index (χ0n) is 12.4. The Morgan fingerprint density at radius 3 is 3.00 bits per heavy atom. The van der Waals surface area contributed by atoms with Crippen LogP contribution < -0.4 is 11.1 Å². The second-order valence-electron chi connectivity index (χ2n) is 5.38. The molecule has 0 bridgehead atoms. The first-order chi connectivity index (χ1) is 10.2. The van der Waals surface area contributed by atoms with Gasteiger partial charge >= 0.3 is 0 Å². The number of hydrogen-bond acceptors (Lipinski definition) is 4. The van der Waals surface area contributed by atoms with E-state index in [2.05, 4.69) is 34.1 Å². The summed E-state index contributed by atoms with van der Waals surface area (Å²) in [6.07, 6.45) is 5.48. The van der Waals surface area contributed by atoms with Gasteiger partial charge in [-0.3, -0.25) is 9.78 Å². The van der Waals surface area contributed by atoms with Gasteiger partial charge in [0, 0.05) is 18.9 Å². The Morgan fingerprint density at radius 1 is 1.52 bits per heavy atom. The molecule has 0 radical (unpaired) electrons. The molecule has 3 N–H and O–H groups in total. The van der Waals surface area contributed by atoms with Crippen LogP contribution >= 0.6 is 0 Å². The number of rotatable bonds is 3. The van der Waals surface area contributed by atoms with Gasteiger partial charge in [0.2, 0.25) is 0 Å². The average Bonchev–Trinajstić information content (AvgIpc) is 2.52. The number of carbonyl (C=O) groups excluding carboxylic acids is 1. The molecule has 1 aliphatic rings. The Balaban J connectivity index is 1.94. The Hall–Kier alpha value is -1.90. The Kier molecular flexibility index (Phi) is 5.73. The fraction of sp³-hybridized carbons (Fsp3) is 0.500. The normalized spacial score (nSPS) is 16.1. The highest BCUT2D eigenvalue weighted by Gasteiger charge is 2.18. The molecule has 1 fully saturated rings. The van der Waals surface area contributed by atoms with Crippen LogP contribution in [0.3, 0.4) is 0 Å². The second-order valence-corrected chi connectivity index (χ2v) is 5.38. The van der Waals surface area contributed by atoms with Gasteiger partial charge in [-0.2, -0.15) is 0 Å². The van der Waals surface area contributed by atoms with Crippen molar-refractivity contribution in [3.05, 3.63) is 29.6 Å². The topological polar surface area (TPSA) is 71.2 Å². The Bertz CT molecular complexity index is 539. The quantitative estimate of drug-likeness (QED) is 0.792. The molecule has 5 heteroatoms. The van der Waals surface area contributed by atoms with E-state index in [9.17, 15) is 4.79 Å². The number of hydrogen-bond donors (Lipinski definition) is 2. The van der Waals surface area contributed by atoms with Crippen molar-refractivity contribution in [1.82, 2.24) is 15.2 Å². The molecule has 0 unspecified atom stereocenters. The predicted octanol–water partition coefficient (Wildman–Crippen LogP) is 0.463. The molecule has 2 rings (SSSR count). The largest absolute Gasteiger partial charge is 0.352 e. The maximum absolute atomic E-state index is 12.3. The van der Waals surface area contributed by atoms with Crippen molar-refractivity contribution in [2.45, 2.75) is 12.8 Å². The maximum atomic E-state index is 12.3. The van der Waals surface area contributed by atoms with E-state index in [1.54, 1.807) is 18.5 Å². The zero-order valence-corrected chi connectivity index (χ0v) is 12.4. The van der Waals surface area contributed by atoms with Crippen molar-refractivity contribution in [2.75, 3.05) is 33.2 Å². The lowest BCUT2D eigenvalue weighted by atomic mass is 9.97. The van der Waals surface area contributed by atoms with Crippen LogP contribution in [0.4, 0.5) is 0 Å². The monoisotopic (exact) mass is 286 g/mol. The predicted molar refractivity (Wildman–Crippen MR) is 82.7 cm³/mol. The van der Waals surface area contributed by atoms with Crippen LogP contribution in [-0.4, -0.2) is 49.0 Å². The SMILES string of the molecule is CN1CCC(CNC(=O)c2ccncc2C#CCN)CC1. The van der Waals surface area contributed by atoms with Crippen LogP contribution in [0.5, 0.6) is 0 Å². The molecular formula is C16H22N4O. The minimum Gasteiger partial charge on any atom is -0.352 e. The summed E-state index contributed by atoms with van der Waals surface area (Å²) in [6.45, 7) is 3.19. The van der Waals surface area contributed by atoms with E-state index in [4.69, 9.17) is 5.73 Å². The molecule has 1 saturated heterocycles. The molecule has 0 aliphatic carbocycles. The number of amides is 1. The smallest absolute Gasteiger partial charge is 0.252 e. The van der Waals surface area contributed by atoms with Crippen molar-refractivity contribution < 1.29 is 4.79 Å². The number of pyridine rings is 1. The van der Waals surface area contributed by atoms with Crippen LogP contribution in [0.1, 0.15) is 28.8 Å². The standard InChI is InChI=1S/C16H22N4O/c1-20-9-5-13(6-10-20)11-19-16(21)15-4-8-18-12-14(15)3-2-7-17/h4,8,12-13H,5-7,9-11,17H2,1H3,(H,19,21). The highest BCUT2D eigenvalue weighted by Crippen LogP contribution is 2.15. The highest BCUT2D eigenvalue weighted by molar-refractivity contribution is 5.96. The minimum atomic E-state index is -0.0855. The van der Waals surface area contributed by atoms with Gasteiger partial charge in [-0.1, -0.05) is 11.8 Å². The molecule has 112 valence electrons. The first-order valence-corrected chi connectivity index (χ1v) is 7.30. The number of nitrogens with zero attached hydrogens (tertiary/aromatic N) is 2. The van der Waals surface area contributed by atoms with Crippen LogP contribution in [0, 0.1) is 17.8 Å². The van der Waals surface area contributed by atoms with Crippen molar-refractivity contribution in [2.24, 2.45) is 11.7 Å². The summed E-state index contributed by atoms with van der Waals surface area (Å²) in [5.41, 5.74) is 6.57. The van der Waals surface area contributed by atoms with Gasteiger partial charge in [0.05, 0.1) is 17.7 Å². The minimum absolute atomic E-state index is 0.0855. The summed E-state index contributed by atoms with van der Waals surface area (Å²) in [6, 6.07) is 1.70.